The number of nitrogens with two attached hydrogens (primary N) is 1. The maximum Gasteiger partial charge on any atom is 0.229 e. The summed E-state index contributed by atoms with van der Waals surface area (Å²) in [5.74, 6) is 1.98. The number of nitrogens with zero attached hydrogens (tertiary/aromatic N) is 1. The third-order valence-corrected chi connectivity index (χ3v) is 6.57. The summed E-state index contributed by atoms with van der Waals surface area (Å²) in [5, 5.41) is 0. The predicted octanol–water partition coefficient (Wildman–Crippen LogP) is 1.78. The van der Waals surface area contributed by atoms with Crippen LogP contribution in [0, 0.1) is 22.7 Å². The fourth-order valence-electron chi connectivity index (χ4n) is 6.39. The Morgan fingerprint density at radius 2 is 2.00 bits per heavy atom. The van der Waals surface area contributed by atoms with Crippen molar-refractivity contribution in [2.45, 2.75) is 51.5 Å². The smallest absolute Gasteiger partial charge is 0.229 e. The van der Waals surface area contributed by atoms with Gasteiger partial charge in [0.1, 0.15) is 0 Å². The van der Waals surface area contributed by atoms with E-state index < -0.39 is 0 Å². The molecule has 0 spiro atoms. The quantitative estimate of drug-likeness (QED) is 0.844. The lowest BCUT2D eigenvalue weighted by molar-refractivity contribution is -0.173. The van der Waals surface area contributed by atoms with Gasteiger partial charge in [-0.05, 0) is 55.8 Å². The Kier molecular flexibility index (Phi) is 3.13. The molecule has 3 unspecified atom stereocenters. The lowest BCUT2D eigenvalue weighted by Gasteiger charge is -2.61. The van der Waals surface area contributed by atoms with E-state index in [1.807, 2.05) is 0 Å². The Morgan fingerprint density at radius 1 is 1.29 bits per heavy atom. The summed E-state index contributed by atoms with van der Waals surface area (Å²) in [6.07, 6.45) is 7.44. The number of carbonyl (C=O) groups is 1. The van der Waals surface area contributed by atoms with Crippen LogP contribution >= 0.6 is 0 Å². The topological polar surface area (TPSA) is 55.6 Å². The molecule has 1 heterocycles. The molecular weight excluding hydrogens is 264 g/mol. The fourth-order valence-corrected chi connectivity index (χ4v) is 6.39. The van der Waals surface area contributed by atoms with Crippen molar-refractivity contribution in [1.29, 1.82) is 0 Å². The summed E-state index contributed by atoms with van der Waals surface area (Å²) in [6.45, 7) is 4.96. The Morgan fingerprint density at radius 3 is 2.62 bits per heavy atom. The van der Waals surface area contributed by atoms with Crippen molar-refractivity contribution < 1.29 is 9.53 Å². The first-order valence-corrected chi connectivity index (χ1v) is 8.63. The van der Waals surface area contributed by atoms with E-state index in [0.717, 1.165) is 37.6 Å². The Labute approximate surface area is 127 Å². The van der Waals surface area contributed by atoms with Crippen LogP contribution in [0.25, 0.3) is 0 Å². The monoisotopic (exact) mass is 292 g/mol. The Balaban J connectivity index is 1.61. The van der Waals surface area contributed by atoms with Crippen molar-refractivity contribution in [3.8, 4) is 0 Å². The number of amides is 1. The molecule has 4 aliphatic carbocycles. The molecule has 5 rings (SSSR count). The molecule has 118 valence electrons. The molecule has 0 radical (unpaired) electrons. The lowest BCUT2D eigenvalue weighted by Crippen LogP contribution is -2.61. The number of ether oxygens (including phenoxy) is 1. The van der Waals surface area contributed by atoms with Gasteiger partial charge in [0.05, 0.1) is 24.7 Å². The normalized spacial score (nSPS) is 48.7. The van der Waals surface area contributed by atoms with Crippen molar-refractivity contribution in [3.63, 3.8) is 0 Å². The van der Waals surface area contributed by atoms with E-state index in [2.05, 4.69) is 11.8 Å². The number of morpholine rings is 1. The van der Waals surface area contributed by atoms with Gasteiger partial charge in [-0.1, -0.05) is 6.92 Å². The summed E-state index contributed by atoms with van der Waals surface area (Å²) in [6, 6.07) is 0.0899. The van der Waals surface area contributed by atoms with Crippen molar-refractivity contribution in [2.75, 3.05) is 26.3 Å². The van der Waals surface area contributed by atoms with E-state index in [-0.39, 0.29) is 11.5 Å². The van der Waals surface area contributed by atoms with E-state index in [9.17, 15) is 4.79 Å². The van der Waals surface area contributed by atoms with Gasteiger partial charge in [0.2, 0.25) is 5.91 Å². The standard InChI is InChI=1S/C17H28N2O2/c1-16-5-12-4-13(6-16)8-17(7-12,11-16)15(20)19-2-3-21-10-14(19)9-18/h12-14H,2-11,18H2,1H3. The summed E-state index contributed by atoms with van der Waals surface area (Å²) in [4.78, 5) is 15.4. The minimum atomic E-state index is -0.0659. The third-order valence-electron chi connectivity index (χ3n) is 6.57. The largest absolute Gasteiger partial charge is 0.377 e. The molecule has 21 heavy (non-hydrogen) atoms. The molecule has 4 heteroatoms. The highest BCUT2D eigenvalue weighted by Gasteiger charge is 2.60. The fraction of sp³-hybridized carbons (Fsp3) is 0.941. The average Bonchev–Trinajstić information content (AvgIpc) is 2.44. The van der Waals surface area contributed by atoms with Crippen molar-refractivity contribution in [3.05, 3.63) is 0 Å². The molecule has 1 amide bonds. The van der Waals surface area contributed by atoms with Crippen molar-refractivity contribution in [1.82, 2.24) is 4.90 Å². The number of hydrogen-bond acceptors (Lipinski definition) is 3. The second-order valence-electron chi connectivity index (χ2n) is 8.52. The third kappa shape index (κ3) is 2.14. The molecule has 5 aliphatic rings. The summed E-state index contributed by atoms with van der Waals surface area (Å²) in [7, 11) is 0. The maximum absolute atomic E-state index is 13.4. The maximum atomic E-state index is 13.4. The van der Waals surface area contributed by atoms with Crippen LogP contribution in [-0.2, 0) is 9.53 Å². The number of rotatable bonds is 2. The van der Waals surface area contributed by atoms with Gasteiger partial charge in [0, 0.05) is 13.1 Å². The van der Waals surface area contributed by atoms with Crippen LogP contribution in [0.3, 0.4) is 0 Å². The highest BCUT2D eigenvalue weighted by molar-refractivity contribution is 5.84. The van der Waals surface area contributed by atoms with E-state index >= 15 is 0 Å². The van der Waals surface area contributed by atoms with Gasteiger partial charge in [-0.2, -0.15) is 0 Å². The lowest BCUT2D eigenvalue weighted by atomic mass is 9.44. The molecule has 2 N–H and O–H groups in total. The minimum absolute atomic E-state index is 0.0659. The van der Waals surface area contributed by atoms with E-state index in [1.54, 1.807) is 0 Å². The van der Waals surface area contributed by atoms with Crippen LogP contribution in [0.1, 0.15) is 45.4 Å². The summed E-state index contributed by atoms with van der Waals surface area (Å²) >= 11 is 0. The van der Waals surface area contributed by atoms with Crippen molar-refractivity contribution in [2.24, 2.45) is 28.4 Å². The van der Waals surface area contributed by atoms with E-state index in [4.69, 9.17) is 10.5 Å². The van der Waals surface area contributed by atoms with Crippen LogP contribution in [0.4, 0.5) is 0 Å². The van der Waals surface area contributed by atoms with Gasteiger partial charge in [0.15, 0.2) is 0 Å². The van der Waals surface area contributed by atoms with Crippen LogP contribution in [0.15, 0.2) is 0 Å². The second kappa shape index (κ2) is 4.69. The van der Waals surface area contributed by atoms with Gasteiger partial charge in [-0.25, -0.2) is 0 Å². The van der Waals surface area contributed by atoms with E-state index in [1.165, 1.54) is 19.3 Å². The first-order chi connectivity index (χ1) is 10.0. The van der Waals surface area contributed by atoms with Crippen LogP contribution in [0.2, 0.25) is 0 Å². The van der Waals surface area contributed by atoms with Gasteiger partial charge >= 0.3 is 0 Å². The number of hydrogen-bond donors (Lipinski definition) is 1. The molecule has 5 fully saturated rings. The SMILES string of the molecule is CC12CC3CC(C1)CC(C(=O)N1CCOCC1CN)(C3)C2. The Bertz CT molecular complexity index is 436. The molecule has 1 aliphatic heterocycles. The van der Waals surface area contributed by atoms with Gasteiger partial charge in [-0.15, -0.1) is 0 Å². The van der Waals surface area contributed by atoms with E-state index in [0.29, 0.717) is 31.1 Å². The zero-order valence-corrected chi connectivity index (χ0v) is 13.1. The minimum Gasteiger partial charge on any atom is -0.377 e. The van der Waals surface area contributed by atoms with Crippen molar-refractivity contribution >= 4 is 5.91 Å². The molecular formula is C17H28N2O2. The van der Waals surface area contributed by atoms with Gasteiger partial charge in [0.25, 0.3) is 0 Å². The zero-order chi connectivity index (χ0) is 14.7. The highest BCUT2D eigenvalue weighted by Crippen LogP contribution is 2.65. The molecule has 0 aromatic carbocycles. The number of carbonyl (C=O) groups excluding carboxylic acids is 1. The molecule has 0 aromatic rings. The molecule has 4 saturated carbocycles. The molecule has 4 nitrogen and oxygen atoms in total. The molecule has 0 aromatic heterocycles. The first kappa shape index (κ1) is 14.0. The zero-order valence-electron chi connectivity index (χ0n) is 13.1. The highest BCUT2D eigenvalue weighted by atomic mass is 16.5. The summed E-state index contributed by atoms with van der Waals surface area (Å²) < 4.78 is 5.52. The Hall–Kier alpha value is -0.610. The predicted molar refractivity (Wildman–Crippen MR) is 80.6 cm³/mol. The molecule has 4 bridgehead atoms. The molecule has 1 saturated heterocycles. The first-order valence-electron chi connectivity index (χ1n) is 8.63. The van der Waals surface area contributed by atoms with Gasteiger partial charge in [-0.3, -0.25) is 4.79 Å². The summed E-state index contributed by atoms with van der Waals surface area (Å²) in [5.41, 5.74) is 6.23. The van der Waals surface area contributed by atoms with Crippen LogP contribution in [0.5, 0.6) is 0 Å². The van der Waals surface area contributed by atoms with Gasteiger partial charge < -0.3 is 15.4 Å². The van der Waals surface area contributed by atoms with Crippen LogP contribution in [-0.4, -0.2) is 43.2 Å². The molecule has 3 atom stereocenters. The second-order valence-corrected chi connectivity index (χ2v) is 8.52. The average molecular weight is 292 g/mol. The van der Waals surface area contributed by atoms with Crippen LogP contribution < -0.4 is 5.73 Å².